The summed E-state index contributed by atoms with van der Waals surface area (Å²) >= 11 is 0. The van der Waals surface area contributed by atoms with Crippen LogP contribution < -0.4 is 5.32 Å². The summed E-state index contributed by atoms with van der Waals surface area (Å²) in [7, 11) is 0. The van der Waals surface area contributed by atoms with Crippen molar-refractivity contribution in [3.63, 3.8) is 0 Å². The maximum Gasteiger partial charge on any atom is 0.254 e. The minimum atomic E-state index is -0.987. The van der Waals surface area contributed by atoms with E-state index in [-0.39, 0.29) is 17.9 Å². The zero-order chi connectivity index (χ0) is 11.7. The summed E-state index contributed by atoms with van der Waals surface area (Å²) < 4.78 is 25.5. The first kappa shape index (κ1) is 10.5. The molecule has 1 fully saturated rings. The van der Waals surface area contributed by atoms with Crippen molar-refractivity contribution in [1.82, 2.24) is 5.32 Å². The molecule has 1 N–H and O–H groups in total. The largest absolute Gasteiger partial charge is 0.292 e. The molecule has 2 amide bonds. The normalized spacial score (nSPS) is 18.0. The average molecular weight is 223 g/mol. The number of carbonyl (C=O) groups is 2. The number of amides is 2. The lowest BCUT2D eigenvalue weighted by Gasteiger charge is -1.97. The quantitative estimate of drug-likeness (QED) is 0.577. The molecule has 16 heavy (non-hydrogen) atoms. The molecule has 0 unspecified atom stereocenters. The Balaban J connectivity index is 2.32. The summed E-state index contributed by atoms with van der Waals surface area (Å²) in [5.74, 6) is -2.82. The number of carbonyl (C=O) groups excluding carboxylic acids is 2. The number of halogens is 2. The lowest BCUT2D eigenvalue weighted by atomic mass is 10.1. The zero-order valence-electron chi connectivity index (χ0n) is 8.09. The van der Waals surface area contributed by atoms with Crippen LogP contribution in [0.15, 0.2) is 23.8 Å². The van der Waals surface area contributed by atoms with Gasteiger partial charge >= 0.3 is 0 Å². The number of hydrogen-bond acceptors (Lipinski definition) is 2. The minimum Gasteiger partial charge on any atom is -0.292 e. The van der Waals surface area contributed by atoms with Crippen molar-refractivity contribution in [2.45, 2.75) is 6.42 Å². The van der Waals surface area contributed by atoms with Gasteiger partial charge in [-0.05, 0) is 23.8 Å². The molecule has 1 heterocycles. The third-order valence-electron chi connectivity index (χ3n) is 2.18. The van der Waals surface area contributed by atoms with E-state index in [4.69, 9.17) is 0 Å². The van der Waals surface area contributed by atoms with E-state index < -0.39 is 17.5 Å². The Kier molecular flexibility index (Phi) is 2.52. The standard InChI is InChI=1S/C11H7F2NO2/c12-8-2-1-6(4-9(8)13)3-7-5-10(15)14-11(7)16/h1-4H,5H2,(H,14,15,16). The van der Waals surface area contributed by atoms with Crippen LogP contribution in [0.2, 0.25) is 0 Å². The smallest absolute Gasteiger partial charge is 0.254 e. The highest BCUT2D eigenvalue weighted by Crippen LogP contribution is 2.16. The van der Waals surface area contributed by atoms with E-state index in [1.807, 2.05) is 0 Å². The van der Waals surface area contributed by atoms with Gasteiger partial charge in [-0.3, -0.25) is 14.9 Å². The summed E-state index contributed by atoms with van der Waals surface area (Å²) in [4.78, 5) is 22.0. The van der Waals surface area contributed by atoms with Crippen LogP contribution in [0.3, 0.4) is 0 Å². The summed E-state index contributed by atoms with van der Waals surface area (Å²) in [5, 5.41) is 2.10. The molecule has 82 valence electrons. The van der Waals surface area contributed by atoms with Crippen LogP contribution in [0.1, 0.15) is 12.0 Å². The number of nitrogens with one attached hydrogen (secondary N) is 1. The first-order chi connectivity index (χ1) is 7.56. The van der Waals surface area contributed by atoms with E-state index in [1.54, 1.807) is 0 Å². The van der Waals surface area contributed by atoms with Gasteiger partial charge in [0.25, 0.3) is 5.91 Å². The van der Waals surface area contributed by atoms with E-state index in [0.717, 1.165) is 12.1 Å². The maximum atomic E-state index is 12.9. The topological polar surface area (TPSA) is 46.2 Å². The van der Waals surface area contributed by atoms with Gasteiger partial charge in [-0.1, -0.05) is 6.07 Å². The number of rotatable bonds is 1. The second kappa shape index (κ2) is 3.84. The van der Waals surface area contributed by atoms with E-state index in [2.05, 4.69) is 5.32 Å². The van der Waals surface area contributed by atoms with Crippen molar-refractivity contribution < 1.29 is 18.4 Å². The Morgan fingerprint density at radius 1 is 1.19 bits per heavy atom. The maximum absolute atomic E-state index is 12.9. The third-order valence-corrected chi connectivity index (χ3v) is 2.18. The molecule has 2 rings (SSSR count). The van der Waals surface area contributed by atoms with Gasteiger partial charge in [0, 0.05) is 5.57 Å². The molecule has 0 aromatic heterocycles. The molecule has 3 nitrogen and oxygen atoms in total. The highest BCUT2D eigenvalue weighted by molar-refractivity contribution is 6.15. The van der Waals surface area contributed by atoms with Crippen molar-refractivity contribution in [3.8, 4) is 0 Å². The predicted molar refractivity (Wildman–Crippen MR) is 52.1 cm³/mol. The van der Waals surface area contributed by atoms with Gasteiger partial charge in [-0.15, -0.1) is 0 Å². The second-order valence-electron chi connectivity index (χ2n) is 3.40. The Bertz CT molecular complexity index is 509. The highest BCUT2D eigenvalue weighted by Gasteiger charge is 2.23. The molecule has 1 aliphatic rings. The molecular weight excluding hydrogens is 216 g/mol. The van der Waals surface area contributed by atoms with Gasteiger partial charge < -0.3 is 0 Å². The third kappa shape index (κ3) is 1.98. The number of benzene rings is 1. The molecule has 0 aliphatic carbocycles. The number of hydrogen-bond donors (Lipinski definition) is 1. The van der Waals surface area contributed by atoms with Crippen LogP contribution in [-0.4, -0.2) is 11.8 Å². The first-order valence-electron chi connectivity index (χ1n) is 4.56. The van der Waals surface area contributed by atoms with Crippen LogP contribution in [0.25, 0.3) is 6.08 Å². The van der Waals surface area contributed by atoms with Gasteiger partial charge in [0.05, 0.1) is 6.42 Å². The molecule has 1 saturated heterocycles. The average Bonchev–Trinajstić information content (AvgIpc) is 2.51. The number of imide groups is 1. The van der Waals surface area contributed by atoms with Crippen LogP contribution in [-0.2, 0) is 9.59 Å². The molecule has 0 spiro atoms. The van der Waals surface area contributed by atoms with Gasteiger partial charge in [0.1, 0.15) is 0 Å². The highest BCUT2D eigenvalue weighted by atomic mass is 19.2. The molecule has 5 heteroatoms. The van der Waals surface area contributed by atoms with Crippen LogP contribution in [0.5, 0.6) is 0 Å². The Morgan fingerprint density at radius 3 is 2.50 bits per heavy atom. The van der Waals surface area contributed by atoms with Gasteiger partial charge in [-0.2, -0.15) is 0 Å². The summed E-state index contributed by atoms with van der Waals surface area (Å²) in [5.41, 5.74) is 0.592. The summed E-state index contributed by atoms with van der Waals surface area (Å²) in [6, 6.07) is 3.27. The first-order valence-corrected chi connectivity index (χ1v) is 4.56. The van der Waals surface area contributed by atoms with Crippen LogP contribution in [0, 0.1) is 11.6 Å². The van der Waals surface area contributed by atoms with E-state index in [0.29, 0.717) is 5.56 Å². The second-order valence-corrected chi connectivity index (χ2v) is 3.40. The van der Waals surface area contributed by atoms with Gasteiger partial charge in [0.2, 0.25) is 5.91 Å². The molecule has 1 aromatic rings. The summed E-state index contributed by atoms with van der Waals surface area (Å²) in [6.45, 7) is 0. The lowest BCUT2D eigenvalue weighted by molar-refractivity contribution is -0.124. The van der Waals surface area contributed by atoms with Crippen LogP contribution >= 0.6 is 0 Å². The Labute approximate surface area is 89.8 Å². The predicted octanol–water partition coefficient (Wildman–Crippen LogP) is 1.39. The van der Waals surface area contributed by atoms with Crippen molar-refractivity contribution >= 4 is 17.9 Å². The van der Waals surface area contributed by atoms with Crippen LogP contribution in [0.4, 0.5) is 8.78 Å². The zero-order valence-corrected chi connectivity index (χ0v) is 8.09. The molecule has 0 bridgehead atoms. The fourth-order valence-corrected chi connectivity index (χ4v) is 1.42. The van der Waals surface area contributed by atoms with E-state index >= 15 is 0 Å². The van der Waals surface area contributed by atoms with Crippen molar-refractivity contribution in [2.24, 2.45) is 0 Å². The molecule has 0 atom stereocenters. The van der Waals surface area contributed by atoms with Crippen molar-refractivity contribution in [2.75, 3.05) is 0 Å². The molecular formula is C11H7F2NO2. The SMILES string of the molecule is O=C1CC(=Cc2ccc(F)c(F)c2)C(=O)N1. The molecule has 1 aromatic carbocycles. The van der Waals surface area contributed by atoms with Crippen molar-refractivity contribution in [3.05, 3.63) is 41.0 Å². The fourth-order valence-electron chi connectivity index (χ4n) is 1.42. The minimum absolute atomic E-state index is 0.0299. The summed E-state index contributed by atoms with van der Waals surface area (Å²) in [6.07, 6.45) is 1.33. The van der Waals surface area contributed by atoms with E-state index in [9.17, 15) is 18.4 Å². The Hall–Kier alpha value is -2.04. The van der Waals surface area contributed by atoms with Gasteiger partial charge in [-0.25, -0.2) is 8.78 Å². The molecule has 1 aliphatic heterocycles. The Morgan fingerprint density at radius 2 is 1.94 bits per heavy atom. The molecule has 0 radical (unpaired) electrons. The molecule has 0 saturated carbocycles. The van der Waals surface area contributed by atoms with E-state index in [1.165, 1.54) is 12.1 Å². The van der Waals surface area contributed by atoms with Crippen molar-refractivity contribution in [1.29, 1.82) is 0 Å². The fraction of sp³-hybridized carbons (Fsp3) is 0.0909. The van der Waals surface area contributed by atoms with Gasteiger partial charge in [0.15, 0.2) is 11.6 Å². The monoisotopic (exact) mass is 223 g/mol. The lowest BCUT2D eigenvalue weighted by Crippen LogP contribution is -2.19.